The molecule has 0 atom stereocenters. The first kappa shape index (κ1) is 18.5. The van der Waals surface area contributed by atoms with Crippen LogP contribution in [-0.2, 0) is 16.6 Å². The number of nitrogens with zero attached hydrogens (tertiary/aromatic N) is 2. The highest BCUT2D eigenvalue weighted by Crippen LogP contribution is 2.32. The number of hydrogen-bond donors (Lipinski definition) is 1. The molecular weight excluding hydrogens is 322 g/mol. The summed E-state index contributed by atoms with van der Waals surface area (Å²) >= 11 is 0. The van der Waals surface area contributed by atoms with Gasteiger partial charge in [0, 0.05) is 6.54 Å². The molecule has 0 radical (unpaired) electrons. The molecule has 0 saturated heterocycles. The van der Waals surface area contributed by atoms with E-state index >= 15 is 0 Å². The molecule has 0 fully saturated rings. The van der Waals surface area contributed by atoms with Crippen molar-refractivity contribution in [3.63, 3.8) is 0 Å². The van der Waals surface area contributed by atoms with Gasteiger partial charge in [0.25, 0.3) is 10.0 Å². The predicted octanol–water partition coefficient (Wildman–Crippen LogP) is 3.86. The lowest BCUT2D eigenvalue weighted by Crippen LogP contribution is -2.18. The van der Waals surface area contributed by atoms with Crippen LogP contribution < -0.4 is 4.72 Å². The summed E-state index contributed by atoms with van der Waals surface area (Å²) in [5, 5.41) is 4.39. The smallest absolute Gasteiger partial charge is 0.262 e. The summed E-state index contributed by atoms with van der Waals surface area (Å²) < 4.78 is 30.8. The van der Waals surface area contributed by atoms with Crippen LogP contribution in [0.4, 0.5) is 5.69 Å². The molecule has 1 N–H and O–H groups in total. The summed E-state index contributed by atoms with van der Waals surface area (Å²) in [4.78, 5) is 0.381. The zero-order valence-electron chi connectivity index (χ0n) is 15.8. The molecule has 0 unspecified atom stereocenters. The van der Waals surface area contributed by atoms with Crippen LogP contribution in [0, 0.1) is 48.5 Å². The third kappa shape index (κ3) is 2.83. The van der Waals surface area contributed by atoms with Gasteiger partial charge < -0.3 is 0 Å². The van der Waals surface area contributed by atoms with E-state index in [0.717, 1.165) is 33.5 Å². The molecule has 1 aromatic carbocycles. The summed E-state index contributed by atoms with van der Waals surface area (Å²) in [5.74, 6) is 0. The van der Waals surface area contributed by atoms with E-state index in [9.17, 15) is 8.42 Å². The normalized spacial score (nSPS) is 11.8. The van der Waals surface area contributed by atoms with Gasteiger partial charge in [-0.2, -0.15) is 5.10 Å². The first-order chi connectivity index (χ1) is 11.0. The van der Waals surface area contributed by atoms with Crippen molar-refractivity contribution in [3.05, 3.63) is 39.2 Å². The maximum Gasteiger partial charge on any atom is 0.262 e. The van der Waals surface area contributed by atoms with Gasteiger partial charge in [-0.3, -0.25) is 9.40 Å². The number of aromatic nitrogens is 2. The lowest BCUT2D eigenvalue weighted by molar-refractivity contribution is 0.599. The SMILES string of the molecule is CCn1nc(C)c(NS(=O)(=O)c2c(C)c(C)c(C)c(C)c2C)c1C. The highest BCUT2D eigenvalue weighted by atomic mass is 32.2. The van der Waals surface area contributed by atoms with Crippen LogP contribution in [0.3, 0.4) is 0 Å². The summed E-state index contributed by atoms with van der Waals surface area (Å²) in [6.45, 7) is 16.1. The molecule has 5 nitrogen and oxygen atoms in total. The van der Waals surface area contributed by atoms with Gasteiger partial charge in [-0.25, -0.2) is 8.42 Å². The average Bonchev–Trinajstić information content (AvgIpc) is 2.78. The third-order valence-electron chi connectivity index (χ3n) is 5.12. The Bertz CT molecular complexity index is 880. The van der Waals surface area contributed by atoms with E-state index < -0.39 is 10.0 Å². The van der Waals surface area contributed by atoms with E-state index in [-0.39, 0.29) is 0 Å². The Balaban J connectivity index is 2.64. The van der Waals surface area contributed by atoms with E-state index in [4.69, 9.17) is 0 Å². The van der Waals surface area contributed by atoms with E-state index in [2.05, 4.69) is 9.82 Å². The molecule has 0 amide bonds. The maximum atomic E-state index is 13.1. The molecule has 0 spiro atoms. The monoisotopic (exact) mass is 349 g/mol. The van der Waals surface area contributed by atoms with Crippen molar-refractivity contribution in [2.45, 2.75) is 66.8 Å². The Morgan fingerprint density at radius 3 is 1.75 bits per heavy atom. The topological polar surface area (TPSA) is 64.0 Å². The molecule has 6 heteroatoms. The van der Waals surface area contributed by atoms with Gasteiger partial charge in [0.05, 0.1) is 22.0 Å². The quantitative estimate of drug-likeness (QED) is 0.911. The second-order valence-corrected chi connectivity index (χ2v) is 8.04. The van der Waals surface area contributed by atoms with Gasteiger partial charge in [0.2, 0.25) is 0 Å². The molecule has 0 aliphatic heterocycles. The highest BCUT2D eigenvalue weighted by Gasteiger charge is 2.26. The zero-order valence-corrected chi connectivity index (χ0v) is 16.6. The fourth-order valence-corrected chi connectivity index (χ4v) is 4.99. The van der Waals surface area contributed by atoms with Gasteiger partial charge in [-0.1, -0.05) is 0 Å². The van der Waals surface area contributed by atoms with Crippen molar-refractivity contribution in [1.82, 2.24) is 9.78 Å². The molecule has 0 bridgehead atoms. The molecule has 2 rings (SSSR count). The van der Waals surface area contributed by atoms with Gasteiger partial charge in [0.1, 0.15) is 0 Å². The van der Waals surface area contributed by atoms with Gasteiger partial charge in [-0.15, -0.1) is 0 Å². The van der Waals surface area contributed by atoms with Crippen LogP contribution in [0.15, 0.2) is 4.90 Å². The van der Waals surface area contributed by atoms with Crippen molar-refractivity contribution < 1.29 is 8.42 Å². The lowest BCUT2D eigenvalue weighted by Gasteiger charge is -2.19. The van der Waals surface area contributed by atoms with Crippen LogP contribution >= 0.6 is 0 Å². The maximum absolute atomic E-state index is 13.1. The van der Waals surface area contributed by atoms with Crippen molar-refractivity contribution >= 4 is 15.7 Å². The first-order valence-electron chi connectivity index (χ1n) is 8.16. The Labute approximate surface area is 145 Å². The van der Waals surface area contributed by atoms with Crippen LogP contribution in [0.1, 0.15) is 46.1 Å². The third-order valence-corrected chi connectivity index (χ3v) is 6.74. The minimum Gasteiger partial charge on any atom is -0.276 e. The number of anilines is 1. The lowest BCUT2D eigenvalue weighted by atomic mass is 9.95. The number of nitrogens with one attached hydrogen (secondary N) is 1. The molecule has 0 saturated carbocycles. The molecule has 0 aliphatic carbocycles. The molecule has 0 aliphatic rings. The largest absolute Gasteiger partial charge is 0.276 e. The highest BCUT2D eigenvalue weighted by molar-refractivity contribution is 7.92. The molecule has 1 aromatic heterocycles. The summed E-state index contributed by atoms with van der Waals surface area (Å²) in [5.41, 5.74) is 6.90. The van der Waals surface area contributed by atoms with Crippen LogP contribution in [-0.4, -0.2) is 18.2 Å². The first-order valence-corrected chi connectivity index (χ1v) is 9.65. The van der Waals surface area contributed by atoms with Crippen molar-refractivity contribution in [2.75, 3.05) is 4.72 Å². The Hall–Kier alpha value is -1.82. The van der Waals surface area contributed by atoms with Crippen LogP contribution in [0.25, 0.3) is 0 Å². The summed E-state index contributed by atoms with van der Waals surface area (Å²) in [6.07, 6.45) is 0. The van der Waals surface area contributed by atoms with Gasteiger partial charge in [0.15, 0.2) is 0 Å². The second-order valence-electron chi connectivity index (χ2n) is 6.42. The minimum atomic E-state index is -3.68. The predicted molar refractivity (Wildman–Crippen MR) is 98.3 cm³/mol. The fourth-order valence-electron chi connectivity index (χ4n) is 3.21. The molecule has 132 valence electrons. The van der Waals surface area contributed by atoms with Crippen molar-refractivity contribution in [2.24, 2.45) is 0 Å². The van der Waals surface area contributed by atoms with Gasteiger partial charge >= 0.3 is 0 Å². The molecule has 1 heterocycles. The average molecular weight is 350 g/mol. The van der Waals surface area contributed by atoms with E-state index in [1.54, 1.807) is 4.68 Å². The number of rotatable bonds is 4. The molecule has 2 aromatic rings. The van der Waals surface area contributed by atoms with Gasteiger partial charge in [-0.05, 0) is 83.2 Å². The van der Waals surface area contributed by atoms with E-state index in [1.165, 1.54) is 0 Å². The number of benzene rings is 1. The van der Waals surface area contributed by atoms with Crippen molar-refractivity contribution in [3.8, 4) is 0 Å². The standard InChI is InChI=1S/C18H27N3O2S/c1-9-21-16(8)17(15(7)19-21)20-24(22,23)18-13(5)11(3)10(2)12(4)14(18)6/h20H,9H2,1-8H3. The summed E-state index contributed by atoms with van der Waals surface area (Å²) in [6, 6.07) is 0. The van der Waals surface area contributed by atoms with E-state index in [1.807, 2.05) is 55.4 Å². The minimum absolute atomic E-state index is 0.381. The molecular formula is C18H27N3O2S. The summed E-state index contributed by atoms with van der Waals surface area (Å²) in [7, 11) is -3.68. The van der Waals surface area contributed by atoms with Crippen LogP contribution in [0.2, 0.25) is 0 Å². The molecule has 24 heavy (non-hydrogen) atoms. The number of aryl methyl sites for hydroxylation is 2. The van der Waals surface area contributed by atoms with Crippen LogP contribution in [0.5, 0.6) is 0 Å². The Morgan fingerprint density at radius 1 is 0.875 bits per heavy atom. The number of sulfonamides is 1. The Kier molecular flexibility index (Phi) is 4.81. The number of hydrogen-bond acceptors (Lipinski definition) is 3. The van der Waals surface area contributed by atoms with Crippen molar-refractivity contribution in [1.29, 1.82) is 0 Å². The second kappa shape index (κ2) is 6.24. The van der Waals surface area contributed by atoms with E-state index in [0.29, 0.717) is 22.8 Å². The fraction of sp³-hybridized carbons (Fsp3) is 0.500. The Morgan fingerprint density at radius 2 is 1.33 bits per heavy atom. The zero-order chi connectivity index (χ0) is 18.4.